The summed E-state index contributed by atoms with van der Waals surface area (Å²) in [7, 11) is -3.58. The van der Waals surface area contributed by atoms with Gasteiger partial charge in [-0.3, -0.25) is 4.72 Å². The topological polar surface area (TPSA) is 58.2 Å². The van der Waals surface area contributed by atoms with Crippen LogP contribution in [-0.2, 0) is 16.6 Å². The molecule has 114 valence electrons. The van der Waals surface area contributed by atoms with Crippen molar-refractivity contribution in [1.29, 1.82) is 0 Å². The number of benzene rings is 1. The van der Waals surface area contributed by atoms with Gasteiger partial charge in [0.15, 0.2) is 0 Å². The summed E-state index contributed by atoms with van der Waals surface area (Å²) in [6.07, 6.45) is 0. The Kier molecular flexibility index (Phi) is 5.43. The number of rotatable bonds is 6. The van der Waals surface area contributed by atoms with Crippen molar-refractivity contribution in [2.45, 2.75) is 25.3 Å². The number of hydrogen-bond donors (Lipinski definition) is 2. The minimum Gasteiger partial charge on any atom is -0.312 e. The molecular formula is C14H17BrN2O2S2. The SMILES string of the molecule is CCNCc1scc(C)c1S(=O)(=O)Nc1cccc(Br)c1. The fourth-order valence-corrected chi connectivity index (χ4v) is 5.20. The lowest BCUT2D eigenvalue weighted by Gasteiger charge is -2.11. The first kappa shape index (κ1) is 16.5. The summed E-state index contributed by atoms with van der Waals surface area (Å²) >= 11 is 4.80. The van der Waals surface area contributed by atoms with Crippen molar-refractivity contribution < 1.29 is 8.42 Å². The van der Waals surface area contributed by atoms with Gasteiger partial charge < -0.3 is 5.32 Å². The summed E-state index contributed by atoms with van der Waals surface area (Å²) in [6, 6.07) is 7.11. The highest BCUT2D eigenvalue weighted by atomic mass is 79.9. The third-order valence-electron chi connectivity index (χ3n) is 2.87. The zero-order valence-corrected chi connectivity index (χ0v) is 15.0. The highest BCUT2D eigenvalue weighted by Gasteiger charge is 2.22. The molecule has 7 heteroatoms. The van der Waals surface area contributed by atoms with Crippen LogP contribution in [0.25, 0.3) is 0 Å². The molecule has 0 amide bonds. The molecule has 2 aromatic rings. The molecule has 1 aromatic heterocycles. The summed E-state index contributed by atoms with van der Waals surface area (Å²) in [5, 5.41) is 5.05. The predicted molar refractivity (Wildman–Crippen MR) is 91.4 cm³/mol. The van der Waals surface area contributed by atoms with Crippen molar-refractivity contribution in [2.24, 2.45) is 0 Å². The molecule has 0 aliphatic carbocycles. The Labute approximate surface area is 137 Å². The van der Waals surface area contributed by atoms with Gasteiger partial charge >= 0.3 is 0 Å². The first-order chi connectivity index (χ1) is 9.94. The molecule has 1 aromatic carbocycles. The number of halogens is 1. The van der Waals surface area contributed by atoms with Gasteiger partial charge in [0.1, 0.15) is 4.90 Å². The van der Waals surface area contributed by atoms with Gasteiger partial charge in [0.05, 0.1) is 0 Å². The lowest BCUT2D eigenvalue weighted by Crippen LogP contribution is -2.18. The fraction of sp³-hybridized carbons (Fsp3) is 0.286. The molecule has 21 heavy (non-hydrogen) atoms. The van der Waals surface area contributed by atoms with Crippen molar-refractivity contribution >= 4 is 43.0 Å². The third kappa shape index (κ3) is 4.06. The molecule has 0 saturated carbocycles. The Morgan fingerprint density at radius 3 is 2.76 bits per heavy atom. The second-order valence-electron chi connectivity index (χ2n) is 4.57. The number of thiophene rings is 1. The Hall–Kier alpha value is -0.890. The van der Waals surface area contributed by atoms with Crippen LogP contribution in [-0.4, -0.2) is 15.0 Å². The second-order valence-corrected chi connectivity index (χ2v) is 8.07. The Morgan fingerprint density at radius 1 is 1.33 bits per heavy atom. The number of hydrogen-bond acceptors (Lipinski definition) is 4. The normalized spacial score (nSPS) is 11.6. The smallest absolute Gasteiger partial charge is 0.263 e. The fourth-order valence-electron chi connectivity index (χ4n) is 1.97. The van der Waals surface area contributed by atoms with Crippen LogP contribution in [0.2, 0.25) is 0 Å². The predicted octanol–water partition coefficient (Wildman–Crippen LogP) is 3.73. The monoisotopic (exact) mass is 388 g/mol. The van der Waals surface area contributed by atoms with Gasteiger partial charge in [-0.25, -0.2) is 8.42 Å². The standard InChI is InChI=1S/C14H17BrN2O2S2/c1-3-16-8-13-14(10(2)9-20-13)21(18,19)17-12-6-4-5-11(15)7-12/h4-7,9,16-17H,3,8H2,1-2H3. The van der Waals surface area contributed by atoms with Gasteiger partial charge in [0, 0.05) is 21.6 Å². The molecule has 0 unspecified atom stereocenters. The highest BCUT2D eigenvalue weighted by Crippen LogP contribution is 2.29. The van der Waals surface area contributed by atoms with Crippen molar-refractivity contribution in [3.8, 4) is 0 Å². The van der Waals surface area contributed by atoms with E-state index in [0.717, 1.165) is 21.5 Å². The quantitative estimate of drug-likeness (QED) is 0.792. The van der Waals surface area contributed by atoms with Crippen LogP contribution in [0.4, 0.5) is 5.69 Å². The van der Waals surface area contributed by atoms with E-state index < -0.39 is 10.0 Å². The molecule has 0 bridgehead atoms. The van der Waals surface area contributed by atoms with Crippen LogP contribution < -0.4 is 10.0 Å². The molecule has 2 rings (SSSR count). The van der Waals surface area contributed by atoms with Gasteiger partial charge in [-0.2, -0.15) is 0 Å². The third-order valence-corrected chi connectivity index (χ3v) is 6.21. The van der Waals surface area contributed by atoms with Crippen molar-refractivity contribution in [3.63, 3.8) is 0 Å². The van der Waals surface area contributed by atoms with E-state index in [1.165, 1.54) is 11.3 Å². The van der Waals surface area contributed by atoms with E-state index in [2.05, 4.69) is 26.0 Å². The van der Waals surface area contributed by atoms with Gasteiger partial charge in [-0.05, 0) is 42.6 Å². The van der Waals surface area contributed by atoms with E-state index >= 15 is 0 Å². The lowest BCUT2D eigenvalue weighted by atomic mass is 10.3. The van der Waals surface area contributed by atoms with Crippen molar-refractivity contribution in [3.05, 3.63) is 44.6 Å². The van der Waals surface area contributed by atoms with Crippen LogP contribution in [0.5, 0.6) is 0 Å². The molecule has 0 saturated heterocycles. The maximum Gasteiger partial charge on any atom is 0.263 e. The van der Waals surface area contributed by atoms with E-state index in [4.69, 9.17) is 0 Å². The van der Waals surface area contributed by atoms with Gasteiger partial charge in [-0.1, -0.05) is 28.9 Å². The minimum atomic E-state index is -3.58. The number of anilines is 1. The van der Waals surface area contributed by atoms with Gasteiger partial charge in [0.2, 0.25) is 0 Å². The molecule has 2 N–H and O–H groups in total. The maximum atomic E-state index is 12.6. The molecule has 0 atom stereocenters. The lowest BCUT2D eigenvalue weighted by molar-refractivity contribution is 0.599. The zero-order chi connectivity index (χ0) is 15.5. The van der Waals surface area contributed by atoms with Crippen LogP contribution >= 0.6 is 27.3 Å². The van der Waals surface area contributed by atoms with Crippen molar-refractivity contribution in [1.82, 2.24) is 5.32 Å². The Bertz CT molecular complexity index is 726. The highest BCUT2D eigenvalue weighted by molar-refractivity contribution is 9.10. The number of nitrogens with one attached hydrogen (secondary N) is 2. The summed E-state index contributed by atoms with van der Waals surface area (Å²) in [5.41, 5.74) is 1.32. The van der Waals surface area contributed by atoms with E-state index in [1.54, 1.807) is 18.2 Å². The van der Waals surface area contributed by atoms with E-state index in [0.29, 0.717) is 17.1 Å². The molecule has 0 aliphatic heterocycles. The first-order valence-electron chi connectivity index (χ1n) is 6.50. The molecule has 0 radical (unpaired) electrons. The molecule has 0 aliphatic rings. The summed E-state index contributed by atoms with van der Waals surface area (Å²) in [6.45, 7) is 5.18. The van der Waals surface area contributed by atoms with E-state index in [-0.39, 0.29) is 0 Å². The Balaban J connectivity index is 2.33. The number of sulfonamides is 1. The average molecular weight is 389 g/mol. The van der Waals surface area contributed by atoms with E-state index in [1.807, 2.05) is 25.3 Å². The van der Waals surface area contributed by atoms with Crippen LogP contribution in [0.15, 0.2) is 39.0 Å². The summed E-state index contributed by atoms with van der Waals surface area (Å²) in [5.74, 6) is 0. The molecule has 0 spiro atoms. The van der Waals surface area contributed by atoms with Gasteiger partial charge in [0.25, 0.3) is 10.0 Å². The largest absolute Gasteiger partial charge is 0.312 e. The number of aryl methyl sites for hydroxylation is 1. The second kappa shape index (κ2) is 6.91. The van der Waals surface area contributed by atoms with E-state index in [9.17, 15) is 8.42 Å². The van der Waals surface area contributed by atoms with Crippen molar-refractivity contribution in [2.75, 3.05) is 11.3 Å². The Morgan fingerprint density at radius 2 is 2.10 bits per heavy atom. The average Bonchev–Trinajstić information content (AvgIpc) is 2.77. The molecule has 0 fully saturated rings. The molecular weight excluding hydrogens is 372 g/mol. The molecule has 1 heterocycles. The van der Waals surface area contributed by atoms with Crippen LogP contribution in [0, 0.1) is 6.92 Å². The first-order valence-corrected chi connectivity index (χ1v) is 9.65. The van der Waals surface area contributed by atoms with Crippen LogP contribution in [0.1, 0.15) is 17.4 Å². The minimum absolute atomic E-state index is 0.383. The molecule has 4 nitrogen and oxygen atoms in total. The maximum absolute atomic E-state index is 12.6. The van der Waals surface area contributed by atoms with Crippen LogP contribution in [0.3, 0.4) is 0 Å². The summed E-state index contributed by atoms with van der Waals surface area (Å²) in [4.78, 5) is 1.21. The zero-order valence-electron chi connectivity index (χ0n) is 11.8. The van der Waals surface area contributed by atoms with Gasteiger partial charge in [-0.15, -0.1) is 11.3 Å². The summed E-state index contributed by atoms with van der Waals surface area (Å²) < 4.78 is 28.7.